The van der Waals surface area contributed by atoms with Crippen molar-refractivity contribution in [2.75, 3.05) is 0 Å². The van der Waals surface area contributed by atoms with Crippen LogP contribution in [0.1, 0.15) is 46.0 Å². The normalized spacial score (nSPS) is 25.5. The molecule has 2 aliphatic carbocycles. The molecule has 0 radical (unpaired) electrons. The van der Waals surface area contributed by atoms with E-state index in [4.69, 9.17) is 0 Å². The lowest BCUT2D eigenvalue weighted by Gasteiger charge is -2.09. The van der Waals surface area contributed by atoms with E-state index in [1.165, 1.54) is 32.1 Å². The first-order chi connectivity index (χ1) is 8.36. The van der Waals surface area contributed by atoms with E-state index in [2.05, 4.69) is 62.5 Å². The Balaban J connectivity index is 0.000000171. The van der Waals surface area contributed by atoms with Gasteiger partial charge in [-0.25, -0.2) is 0 Å². The highest BCUT2D eigenvalue weighted by molar-refractivity contribution is 5.11. The molecule has 2 atom stereocenters. The van der Waals surface area contributed by atoms with Crippen molar-refractivity contribution in [1.82, 2.24) is 0 Å². The van der Waals surface area contributed by atoms with Gasteiger partial charge in [0.05, 0.1) is 0 Å². The second kappa shape index (κ2) is 9.04. The van der Waals surface area contributed by atoms with E-state index in [0.29, 0.717) is 0 Å². The first-order valence-corrected chi connectivity index (χ1v) is 7.03. The van der Waals surface area contributed by atoms with Gasteiger partial charge in [-0.15, -0.1) is 0 Å². The average molecular weight is 230 g/mol. The van der Waals surface area contributed by atoms with Crippen LogP contribution in [-0.2, 0) is 0 Å². The summed E-state index contributed by atoms with van der Waals surface area (Å²) in [6, 6.07) is 0. The zero-order valence-corrected chi connectivity index (χ0v) is 11.3. The third-order valence-electron chi connectivity index (χ3n) is 3.32. The summed E-state index contributed by atoms with van der Waals surface area (Å²) in [7, 11) is 0. The van der Waals surface area contributed by atoms with Crippen molar-refractivity contribution < 1.29 is 0 Å². The molecular weight excluding hydrogens is 204 g/mol. The molecule has 0 saturated carbocycles. The molecule has 0 aliphatic heterocycles. The van der Waals surface area contributed by atoms with E-state index >= 15 is 0 Å². The highest BCUT2D eigenvalue weighted by atomic mass is 14.1. The van der Waals surface area contributed by atoms with Crippen LogP contribution in [0, 0.1) is 11.8 Å². The first kappa shape index (κ1) is 14.0. The monoisotopic (exact) mass is 230 g/mol. The van der Waals surface area contributed by atoms with Gasteiger partial charge in [-0.1, -0.05) is 68.9 Å². The molecule has 0 N–H and O–H groups in total. The van der Waals surface area contributed by atoms with E-state index in [1.807, 2.05) is 0 Å². The molecule has 0 fully saturated rings. The molecule has 0 aromatic rings. The number of allylic oxidation sites excluding steroid dienone is 8. The molecule has 2 unspecified atom stereocenters. The Morgan fingerprint density at radius 1 is 0.824 bits per heavy atom. The van der Waals surface area contributed by atoms with Gasteiger partial charge >= 0.3 is 0 Å². The fourth-order valence-corrected chi connectivity index (χ4v) is 2.15. The number of rotatable bonds is 3. The van der Waals surface area contributed by atoms with Crippen molar-refractivity contribution in [2.24, 2.45) is 11.8 Å². The zero-order valence-electron chi connectivity index (χ0n) is 11.3. The van der Waals surface area contributed by atoms with Gasteiger partial charge in [-0.05, 0) is 37.5 Å². The summed E-state index contributed by atoms with van der Waals surface area (Å²) in [4.78, 5) is 0. The standard InChI is InChI=1S/C9H14.C8H12/c1-2-6-9-7-4-3-5-8-9;1-2-8-6-4-3-5-7-8/h3-5,7,9H,2,6,8H2,1H3;3-6,8H,2,7H2,1H3. The molecule has 0 aromatic heterocycles. The van der Waals surface area contributed by atoms with Gasteiger partial charge in [0.25, 0.3) is 0 Å². The molecule has 0 heterocycles. The number of hydrogen-bond acceptors (Lipinski definition) is 0. The smallest absolute Gasteiger partial charge is 0.0196 e. The van der Waals surface area contributed by atoms with Gasteiger partial charge in [0.1, 0.15) is 0 Å². The Morgan fingerprint density at radius 2 is 1.41 bits per heavy atom. The lowest BCUT2D eigenvalue weighted by Crippen LogP contribution is -1.95. The summed E-state index contributed by atoms with van der Waals surface area (Å²) < 4.78 is 0. The highest BCUT2D eigenvalue weighted by Gasteiger charge is 2.01. The molecule has 0 amide bonds. The van der Waals surface area contributed by atoms with Crippen LogP contribution in [0.2, 0.25) is 0 Å². The fourth-order valence-electron chi connectivity index (χ4n) is 2.15. The largest absolute Gasteiger partial charge is 0.0840 e. The maximum atomic E-state index is 2.31. The zero-order chi connectivity index (χ0) is 12.3. The minimum Gasteiger partial charge on any atom is -0.0840 e. The van der Waals surface area contributed by atoms with E-state index in [0.717, 1.165) is 11.8 Å². The summed E-state index contributed by atoms with van der Waals surface area (Å²) in [5.74, 6) is 1.65. The van der Waals surface area contributed by atoms with Crippen molar-refractivity contribution >= 4 is 0 Å². The predicted octanol–water partition coefficient (Wildman–Crippen LogP) is 5.45. The quantitative estimate of drug-likeness (QED) is 0.605. The Kier molecular flexibility index (Phi) is 7.46. The second-order valence-corrected chi connectivity index (χ2v) is 4.81. The molecule has 0 heteroatoms. The molecule has 0 nitrogen and oxygen atoms in total. The Labute approximate surface area is 107 Å². The maximum Gasteiger partial charge on any atom is -0.0196 e. The van der Waals surface area contributed by atoms with Crippen LogP contribution >= 0.6 is 0 Å². The Hall–Kier alpha value is -1.04. The van der Waals surface area contributed by atoms with Crippen LogP contribution in [-0.4, -0.2) is 0 Å². The van der Waals surface area contributed by atoms with Crippen molar-refractivity contribution in [3.63, 3.8) is 0 Å². The minimum atomic E-state index is 0.819. The third-order valence-corrected chi connectivity index (χ3v) is 3.32. The molecule has 0 saturated heterocycles. The topological polar surface area (TPSA) is 0 Å². The second-order valence-electron chi connectivity index (χ2n) is 4.81. The number of hydrogen-bond donors (Lipinski definition) is 0. The van der Waals surface area contributed by atoms with Gasteiger partial charge in [0.2, 0.25) is 0 Å². The molecule has 2 rings (SSSR count). The van der Waals surface area contributed by atoms with Crippen LogP contribution < -0.4 is 0 Å². The van der Waals surface area contributed by atoms with Gasteiger partial charge in [0.15, 0.2) is 0 Å². The molecule has 0 spiro atoms. The average Bonchev–Trinajstić information content (AvgIpc) is 2.42. The van der Waals surface area contributed by atoms with E-state index in [9.17, 15) is 0 Å². The van der Waals surface area contributed by atoms with Gasteiger partial charge < -0.3 is 0 Å². The summed E-state index contributed by atoms with van der Waals surface area (Å²) >= 11 is 0. The third kappa shape index (κ3) is 6.31. The SMILES string of the molecule is CCC1C=CC=CC1.CCCC1C=CC=CC1. The first-order valence-electron chi connectivity index (χ1n) is 7.03. The van der Waals surface area contributed by atoms with E-state index in [-0.39, 0.29) is 0 Å². The Morgan fingerprint density at radius 3 is 1.76 bits per heavy atom. The molecule has 0 aromatic carbocycles. The van der Waals surface area contributed by atoms with Crippen molar-refractivity contribution in [3.8, 4) is 0 Å². The van der Waals surface area contributed by atoms with Crippen LogP contribution in [0.4, 0.5) is 0 Å². The maximum absolute atomic E-state index is 2.31. The molecule has 2 aliphatic rings. The van der Waals surface area contributed by atoms with E-state index < -0.39 is 0 Å². The van der Waals surface area contributed by atoms with Crippen molar-refractivity contribution in [1.29, 1.82) is 0 Å². The fraction of sp³-hybridized carbons (Fsp3) is 0.529. The molecule has 0 bridgehead atoms. The molecular formula is C17H26. The lowest BCUT2D eigenvalue weighted by molar-refractivity contribution is 0.584. The highest BCUT2D eigenvalue weighted by Crippen LogP contribution is 2.16. The van der Waals surface area contributed by atoms with Crippen molar-refractivity contribution in [2.45, 2.75) is 46.0 Å². The van der Waals surface area contributed by atoms with Crippen LogP contribution in [0.3, 0.4) is 0 Å². The van der Waals surface area contributed by atoms with Crippen LogP contribution in [0.25, 0.3) is 0 Å². The molecule has 17 heavy (non-hydrogen) atoms. The van der Waals surface area contributed by atoms with Gasteiger partial charge in [-0.3, -0.25) is 0 Å². The lowest BCUT2D eigenvalue weighted by atomic mass is 9.96. The van der Waals surface area contributed by atoms with Crippen molar-refractivity contribution in [3.05, 3.63) is 48.6 Å². The summed E-state index contributed by atoms with van der Waals surface area (Å²) in [6.45, 7) is 4.47. The van der Waals surface area contributed by atoms with Crippen LogP contribution in [0.5, 0.6) is 0 Å². The summed E-state index contributed by atoms with van der Waals surface area (Å²) in [5.41, 5.74) is 0. The Bertz CT molecular complexity index is 291. The van der Waals surface area contributed by atoms with E-state index in [1.54, 1.807) is 0 Å². The predicted molar refractivity (Wildman–Crippen MR) is 78.0 cm³/mol. The van der Waals surface area contributed by atoms with Gasteiger partial charge in [0, 0.05) is 0 Å². The summed E-state index contributed by atoms with van der Waals surface area (Å²) in [5, 5.41) is 0. The molecule has 94 valence electrons. The van der Waals surface area contributed by atoms with Gasteiger partial charge in [-0.2, -0.15) is 0 Å². The van der Waals surface area contributed by atoms with Crippen LogP contribution in [0.15, 0.2) is 48.6 Å². The minimum absolute atomic E-state index is 0.819. The summed E-state index contributed by atoms with van der Waals surface area (Å²) in [6.07, 6.45) is 24.0.